The second-order valence-corrected chi connectivity index (χ2v) is 5.21. The standard InChI is InChI=1S/C12H17NO3S/c1-15-17(14)12-4-2-11(3-5-12)10-13-6-8-16-9-7-13/h2-5H,6-10H2,1H3. The van der Waals surface area contributed by atoms with Crippen LogP contribution in [0.5, 0.6) is 0 Å². The number of ether oxygens (including phenoxy) is 1. The molecule has 1 saturated heterocycles. The second kappa shape index (κ2) is 6.26. The molecule has 5 heteroatoms. The zero-order valence-electron chi connectivity index (χ0n) is 9.93. The molecule has 1 atom stereocenters. The number of hydrogen-bond donors (Lipinski definition) is 0. The normalized spacial score (nSPS) is 19.1. The van der Waals surface area contributed by atoms with E-state index in [4.69, 9.17) is 8.92 Å². The van der Waals surface area contributed by atoms with Gasteiger partial charge in [0, 0.05) is 19.6 Å². The van der Waals surface area contributed by atoms with Gasteiger partial charge in [0.1, 0.15) is 0 Å². The van der Waals surface area contributed by atoms with Gasteiger partial charge in [0.25, 0.3) is 0 Å². The zero-order valence-corrected chi connectivity index (χ0v) is 10.7. The number of hydrogen-bond acceptors (Lipinski definition) is 4. The van der Waals surface area contributed by atoms with Crippen molar-refractivity contribution in [3.8, 4) is 0 Å². The maximum Gasteiger partial charge on any atom is 0.188 e. The molecule has 94 valence electrons. The first-order valence-corrected chi connectivity index (χ1v) is 6.72. The average Bonchev–Trinajstić information content (AvgIpc) is 2.40. The molecule has 4 nitrogen and oxygen atoms in total. The van der Waals surface area contributed by atoms with Crippen molar-refractivity contribution < 1.29 is 13.1 Å². The summed E-state index contributed by atoms with van der Waals surface area (Å²) in [6, 6.07) is 7.72. The molecule has 0 N–H and O–H groups in total. The quantitative estimate of drug-likeness (QED) is 0.810. The molecule has 1 aliphatic rings. The highest BCUT2D eigenvalue weighted by molar-refractivity contribution is 7.80. The molecule has 0 radical (unpaired) electrons. The lowest BCUT2D eigenvalue weighted by Gasteiger charge is -2.26. The predicted molar refractivity (Wildman–Crippen MR) is 66.0 cm³/mol. The molecule has 1 heterocycles. The fourth-order valence-electron chi connectivity index (χ4n) is 1.82. The highest BCUT2D eigenvalue weighted by Gasteiger charge is 2.10. The van der Waals surface area contributed by atoms with Crippen LogP contribution in [0.3, 0.4) is 0 Å². The molecule has 0 bridgehead atoms. The minimum absolute atomic E-state index is 0.707. The van der Waals surface area contributed by atoms with E-state index in [0.29, 0.717) is 4.90 Å². The maximum atomic E-state index is 11.4. The number of rotatable bonds is 4. The molecule has 1 aromatic carbocycles. The Bertz CT molecular complexity index is 374. The summed E-state index contributed by atoms with van der Waals surface area (Å²) in [5, 5.41) is 0. The highest BCUT2D eigenvalue weighted by Crippen LogP contribution is 2.12. The van der Waals surface area contributed by atoms with Gasteiger partial charge in [-0.05, 0) is 17.7 Å². The van der Waals surface area contributed by atoms with E-state index in [1.807, 2.05) is 24.3 Å². The van der Waals surface area contributed by atoms with E-state index in [9.17, 15) is 4.21 Å². The van der Waals surface area contributed by atoms with Gasteiger partial charge in [0.15, 0.2) is 11.1 Å². The molecule has 1 unspecified atom stereocenters. The highest BCUT2D eigenvalue weighted by atomic mass is 32.2. The number of nitrogens with zero attached hydrogens (tertiary/aromatic N) is 1. The topological polar surface area (TPSA) is 38.8 Å². The Hall–Kier alpha value is -0.750. The van der Waals surface area contributed by atoms with E-state index < -0.39 is 11.1 Å². The Morgan fingerprint density at radius 2 is 1.94 bits per heavy atom. The molecule has 0 spiro atoms. The lowest BCUT2D eigenvalue weighted by atomic mass is 10.2. The third-order valence-corrected chi connectivity index (χ3v) is 3.74. The number of benzene rings is 1. The van der Waals surface area contributed by atoms with Crippen molar-refractivity contribution >= 4 is 11.1 Å². The molecule has 0 amide bonds. The van der Waals surface area contributed by atoms with Crippen LogP contribution in [0.4, 0.5) is 0 Å². The van der Waals surface area contributed by atoms with Crippen LogP contribution in [0, 0.1) is 0 Å². The first-order chi connectivity index (χ1) is 8.29. The molecule has 0 aromatic heterocycles. The molecule has 1 aliphatic heterocycles. The van der Waals surface area contributed by atoms with Gasteiger partial charge in [-0.15, -0.1) is 0 Å². The smallest absolute Gasteiger partial charge is 0.188 e. The zero-order chi connectivity index (χ0) is 12.1. The Morgan fingerprint density at radius 3 is 2.53 bits per heavy atom. The largest absolute Gasteiger partial charge is 0.379 e. The number of morpholine rings is 1. The Labute approximate surface area is 104 Å². The van der Waals surface area contributed by atoms with Crippen LogP contribution >= 0.6 is 0 Å². The Balaban J connectivity index is 1.95. The third-order valence-electron chi connectivity index (χ3n) is 2.78. The van der Waals surface area contributed by atoms with Crippen LogP contribution in [0.1, 0.15) is 5.56 Å². The van der Waals surface area contributed by atoms with Crippen molar-refractivity contribution in [2.75, 3.05) is 33.4 Å². The predicted octanol–water partition coefficient (Wildman–Crippen LogP) is 1.19. The molecule has 0 saturated carbocycles. The van der Waals surface area contributed by atoms with Crippen LogP contribution in [0.15, 0.2) is 29.2 Å². The summed E-state index contributed by atoms with van der Waals surface area (Å²) in [5.74, 6) is 0. The Morgan fingerprint density at radius 1 is 1.29 bits per heavy atom. The van der Waals surface area contributed by atoms with E-state index in [1.54, 1.807) is 0 Å². The van der Waals surface area contributed by atoms with Crippen LogP contribution in [-0.4, -0.2) is 42.5 Å². The summed E-state index contributed by atoms with van der Waals surface area (Å²) in [6.07, 6.45) is 0. The maximum absolute atomic E-state index is 11.4. The van der Waals surface area contributed by atoms with Crippen molar-refractivity contribution in [3.63, 3.8) is 0 Å². The van der Waals surface area contributed by atoms with Gasteiger partial charge in [-0.25, -0.2) is 4.21 Å². The fraction of sp³-hybridized carbons (Fsp3) is 0.500. The van der Waals surface area contributed by atoms with Crippen LogP contribution in [0.2, 0.25) is 0 Å². The summed E-state index contributed by atoms with van der Waals surface area (Å²) < 4.78 is 21.5. The Kier molecular flexibility index (Phi) is 4.67. The van der Waals surface area contributed by atoms with Crippen LogP contribution in [-0.2, 0) is 26.5 Å². The molecular formula is C12H17NO3S. The van der Waals surface area contributed by atoms with Gasteiger partial charge in [0.2, 0.25) is 0 Å². The summed E-state index contributed by atoms with van der Waals surface area (Å²) >= 11 is -1.34. The monoisotopic (exact) mass is 255 g/mol. The van der Waals surface area contributed by atoms with Crippen molar-refractivity contribution in [3.05, 3.63) is 29.8 Å². The third kappa shape index (κ3) is 3.61. The molecule has 0 aliphatic carbocycles. The summed E-state index contributed by atoms with van der Waals surface area (Å²) in [7, 11) is 1.44. The molecule has 17 heavy (non-hydrogen) atoms. The van der Waals surface area contributed by atoms with Gasteiger partial charge in [-0.3, -0.25) is 9.08 Å². The van der Waals surface area contributed by atoms with Crippen LogP contribution in [0.25, 0.3) is 0 Å². The van der Waals surface area contributed by atoms with E-state index in [1.165, 1.54) is 12.7 Å². The summed E-state index contributed by atoms with van der Waals surface area (Å²) in [4.78, 5) is 3.06. The van der Waals surface area contributed by atoms with E-state index >= 15 is 0 Å². The summed E-state index contributed by atoms with van der Waals surface area (Å²) in [6.45, 7) is 4.50. The van der Waals surface area contributed by atoms with Gasteiger partial charge in [0.05, 0.1) is 25.2 Å². The van der Waals surface area contributed by atoms with E-state index in [2.05, 4.69) is 4.90 Å². The summed E-state index contributed by atoms with van der Waals surface area (Å²) in [5.41, 5.74) is 1.23. The van der Waals surface area contributed by atoms with Crippen molar-refractivity contribution in [1.29, 1.82) is 0 Å². The van der Waals surface area contributed by atoms with Crippen molar-refractivity contribution in [2.45, 2.75) is 11.4 Å². The molecular weight excluding hydrogens is 238 g/mol. The van der Waals surface area contributed by atoms with E-state index in [-0.39, 0.29) is 0 Å². The van der Waals surface area contributed by atoms with Crippen molar-refractivity contribution in [2.24, 2.45) is 0 Å². The molecule has 1 aromatic rings. The average molecular weight is 255 g/mol. The van der Waals surface area contributed by atoms with E-state index in [0.717, 1.165) is 32.8 Å². The minimum atomic E-state index is -1.34. The van der Waals surface area contributed by atoms with Crippen molar-refractivity contribution in [1.82, 2.24) is 4.90 Å². The second-order valence-electron chi connectivity index (χ2n) is 3.93. The van der Waals surface area contributed by atoms with Crippen LogP contribution < -0.4 is 0 Å². The lowest BCUT2D eigenvalue weighted by Crippen LogP contribution is -2.35. The van der Waals surface area contributed by atoms with Gasteiger partial charge < -0.3 is 4.74 Å². The lowest BCUT2D eigenvalue weighted by molar-refractivity contribution is 0.0342. The van der Waals surface area contributed by atoms with Gasteiger partial charge in [-0.2, -0.15) is 0 Å². The van der Waals surface area contributed by atoms with Gasteiger partial charge in [-0.1, -0.05) is 12.1 Å². The SMILES string of the molecule is COS(=O)c1ccc(CN2CCOCC2)cc1. The first kappa shape index (κ1) is 12.7. The van der Waals surface area contributed by atoms with Gasteiger partial charge >= 0.3 is 0 Å². The molecule has 1 fully saturated rings. The molecule has 2 rings (SSSR count). The fourth-order valence-corrected chi connectivity index (χ4v) is 2.37. The first-order valence-electron chi connectivity index (χ1n) is 5.65. The minimum Gasteiger partial charge on any atom is -0.379 e.